The summed E-state index contributed by atoms with van der Waals surface area (Å²) in [5, 5.41) is 2.60. The minimum atomic E-state index is -0.0707. The van der Waals surface area contributed by atoms with Crippen LogP contribution in [0.15, 0.2) is 24.8 Å². The standard InChI is InChI=1S/C11H13NO/c1-4-9-8(2)6-5-7-10(9)11(13)12-3/h4-7H,1H2,2-3H3,(H,12,13). The molecular formula is C11H13NO. The average Bonchev–Trinajstić information content (AvgIpc) is 2.16. The molecule has 0 aliphatic carbocycles. The van der Waals surface area contributed by atoms with E-state index in [0.717, 1.165) is 11.1 Å². The molecule has 0 aromatic heterocycles. The van der Waals surface area contributed by atoms with Gasteiger partial charge in [0.05, 0.1) is 0 Å². The number of hydrogen-bond acceptors (Lipinski definition) is 1. The van der Waals surface area contributed by atoms with Crippen LogP contribution in [0.2, 0.25) is 0 Å². The van der Waals surface area contributed by atoms with E-state index < -0.39 is 0 Å². The quantitative estimate of drug-likeness (QED) is 0.731. The lowest BCUT2D eigenvalue weighted by Gasteiger charge is -2.06. The van der Waals surface area contributed by atoms with Gasteiger partial charge in [0, 0.05) is 12.6 Å². The highest BCUT2D eigenvalue weighted by atomic mass is 16.1. The maximum absolute atomic E-state index is 11.4. The van der Waals surface area contributed by atoms with E-state index in [0.29, 0.717) is 5.56 Å². The molecule has 0 atom stereocenters. The lowest BCUT2D eigenvalue weighted by molar-refractivity contribution is 0.0963. The van der Waals surface area contributed by atoms with Crippen molar-refractivity contribution in [2.45, 2.75) is 6.92 Å². The fraction of sp³-hybridized carbons (Fsp3) is 0.182. The second-order valence-corrected chi connectivity index (χ2v) is 2.82. The molecule has 1 rings (SSSR count). The lowest BCUT2D eigenvalue weighted by atomic mass is 10.0. The molecule has 68 valence electrons. The molecule has 0 aliphatic rings. The number of nitrogens with one attached hydrogen (secondary N) is 1. The molecule has 0 bridgehead atoms. The number of carbonyl (C=O) groups is 1. The summed E-state index contributed by atoms with van der Waals surface area (Å²) in [4.78, 5) is 11.4. The Labute approximate surface area is 78.3 Å². The highest BCUT2D eigenvalue weighted by Crippen LogP contribution is 2.14. The molecule has 1 N–H and O–H groups in total. The molecule has 2 nitrogen and oxygen atoms in total. The summed E-state index contributed by atoms with van der Waals surface area (Å²) >= 11 is 0. The van der Waals surface area contributed by atoms with Gasteiger partial charge in [-0.05, 0) is 24.1 Å². The van der Waals surface area contributed by atoms with Gasteiger partial charge in [-0.1, -0.05) is 24.8 Å². The molecule has 1 aromatic carbocycles. The molecule has 0 saturated carbocycles. The van der Waals surface area contributed by atoms with Crippen molar-refractivity contribution in [2.24, 2.45) is 0 Å². The van der Waals surface area contributed by atoms with Crippen LogP contribution in [-0.4, -0.2) is 13.0 Å². The second-order valence-electron chi connectivity index (χ2n) is 2.82. The van der Waals surface area contributed by atoms with Crippen LogP contribution in [0.4, 0.5) is 0 Å². The summed E-state index contributed by atoms with van der Waals surface area (Å²) in [6, 6.07) is 5.62. The first-order chi connectivity index (χ1) is 6.20. The van der Waals surface area contributed by atoms with Crippen molar-refractivity contribution in [1.29, 1.82) is 0 Å². The van der Waals surface area contributed by atoms with Gasteiger partial charge in [-0.15, -0.1) is 0 Å². The Morgan fingerprint density at radius 2 is 2.23 bits per heavy atom. The Morgan fingerprint density at radius 1 is 1.54 bits per heavy atom. The van der Waals surface area contributed by atoms with E-state index >= 15 is 0 Å². The second kappa shape index (κ2) is 3.90. The number of amides is 1. The minimum Gasteiger partial charge on any atom is -0.355 e. The zero-order valence-electron chi connectivity index (χ0n) is 7.92. The van der Waals surface area contributed by atoms with Crippen LogP contribution in [0.3, 0.4) is 0 Å². The third-order valence-electron chi connectivity index (χ3n) is 2.00. The smallest absolute Gasteiger partial charge is 0.251 e. The summed E-state index contributed by atoms with van der Waals surface area (Å²) in [6.45, 7) is 5.65. The fourth-order valence-electron chi connectivity index (χ4n) is 1.28. The Balaban J connectivity index is 3.28. The number of hydrogen-bond donors (Lipinski definition) is 1. The van der Waals surface area contributed by atoms with Crippen molar-refractivity contribution in [3.05, 3.63) is 41.5 Å². The number of carbonyl (C=O) groups excluding carboxylic acids is 1. The summed E-state index contributed by atoms with van der Waals surface area (Å²) in [5.41, 5.74) is 2.65. The van der Waals surface area contributed by atoms with Gasteiger partial charge in [0.25, 0.3) is 5.91 Å². The van der Waals surface area contributed by atoms with Crippen molar-refractivity contribution < 1.29 is 4.79 Å². The van der Waals surface area contributed by atoms with Gasteiger partial charge in [-0.3, -0.25) is 4.79 Å². The highest BCUT2D eigenvalue weighted by molar-refractivity contribution is 5.97. The Hall–Kier alpha value is -1.57. The van der Waals surface area contributed by atoms with E-state index in [2.05, 4.69) is 11.9 Å². The van der Waals surface area contributed by atoms with Crippen LogP contribution in [0, 0.1) is 6.92 Å². The predicted molar refractivity (Wildman–Crippen MR) is 54.7 cm³/mol. The third-order valence-corrected chi connectivity index (χ3v) is 2.00. The van der Waals surface area contributed by atoms with E-state index in [1.54, 1.807) is 19.2 Å². The summed E-state index contributed by atoms with van der Waals surface area (Å²) in [6.07, 6.45) is 1.71. The van der Waals surface area contributed by atoms with Crippen LogP contribution >= 0.6 is 0 Å². The van der Waals surface area contributed by atoms with Crippen LogP contribution in [0.25, 0.3) is 6.08 Å². The number of aryl methyl sites for hydroxylation is 1. The van der Waals surface area contributed by atoms with Gasteiger partial charge in [0.15, 0.2) is 0 Å². The maximum atomic E-state index is 11.4. The molecule has 0 radical (unpaired) electrons. The molecular weight excluding hydrogens is 162 g/mol. The Morgan fingerprint density at radius 3 is 2.77 bits per heavy atom. The van der Waals surface area contributed by atoms with E-state index in [9.17, 15) is 4.79 Å². The van der Waals surface area contributed by atoms with Gasteiger partial charge >= 0.3 is 0 Å². The van der Waals surface area contributed by atoms with Gasteiger partial charge in [-0.25, -0.2) is 0 Å². The Bertz CT molecular complexity index is 342. The van der Waals surface area contributed by atoms with E-state index in [1.807, 2.05) is 19.1 Å². The van der Waals surface area contributed by atoms with Crippen molar-refractivity contribution >= 4 is 12.0 Å². The van der Waals surface area contributed by atoms with Crippen molar-refractivity contribution in [3.63, 3.8) is 0 Å². The van der Waals surface area contributed by atoms with E-state index in [4.69, 9.17) is 0 Å². The first kappa shape index (κ1) is 9.52. The maximum Gasteiger partial charge on any atom is 0.251 e. The van der Waals surface area contributed by atoms with Crippen LogP contribution in [0.1, 0.15) is 21.5 Å². The van der Waals surface area contributed by atoms with E-state index in [1.165, 1.54) is 0 Å². The van der Waals surface area contributed by atoms with Crippen molar-refractivity contribution in [1.82, 2.24) is 5.32 Å². The number of benzene rings is 1. The molecule has 0 aliphatic heterocycles. The Kier molecular flexibility index (Phi) is 2.85. The van der Waals surface area contributed by atoms with Gasteiger partial charge < -0.3 is 5.32 Å². The molecule has 0 fully saturated rings. The lowest BCUT2D eigenvalue weighted by Crippen LogP contribution is -2.19. The van der Waals surface area contributed by atoms with Crippen molar-refractivity contribution in [3.8, 4) is 0 Å². The van der Waals surface area contributed by atoms with Gasteiger partial charge in [0.1, 0.15) is 0 Å². The van der Waals surface area contributed by atoms with Crippen LogP contribution in [0.5, 0.6) is 0 Å². The molecule has 0 saturated heterocycles. The molecule has 0 spiro atoms. The average molecular weight is 175 g/mol. The van der Waals surface area contributed by atoms with Crippen molar-refractivity contribution in [2.75, 3.05) is 7.05 Å². The van der Waals surface area contributed by atoms with Crippen LogP contribution in [-0.2, 0) is 0 Å². The molecule has 13 heavy (non-hydrogen) atoms. The third kappa shape index (κ3) is 1.78. The minimum absolute atomic E-state index is 0.0707. The number of rotatable bonds is 2. The van der Waals surface area contributed by atoms with E-state index in [-0.39, 0.29) is 5.91 Å². The summed E-state index contributed by atoms with van der Waals surface area (Å²) in [7, 11) is 1.62. The first-order valence-electron chi connectivity index (χ1n) is 4.15. The molecule has 1 amide bonds. The summed E-state index contributed by atoms with van der Waals surface area (Å²) < 4.78 is 0. The predicted octanol–water partition coefficient (Wildman–Crippen LogP) is 2.00. The fourth-order valence-corrected chi connectivity index (χ4v) is 1.28. The highest BCUT2D eigenvalue weighted by Gasteiger charge is 2.08. The molecule has 0 heterocycles. The molecule has 2 heteroatoms. The van der Waals surface area contributed by atoms with Crippen LogP contribution < -0.4 is 5.32 Å². The molecule has 0 unspecified atom stereocenters. The zero-order valence-corrected chi connectivity index (χ0v) is 7.92. The summed E-state index contributed by atoms with van der Waals surface area (Å²) in [5.74, 6) is -0.0707. The monoisotopic (exact) mass is 175 g/mol. The van der Waals surface area contributed by atoms with Gasteiger partial charge in [0.2, 0.25) is 0 Å². The van der Waals surface area contributed by atoms with Gasteiger partial charge in [-0.2, -0.15) is 0 Å². The normalized spacial score (nSPS) is 9.38. The topological polar surface area (TPSA) is 29.1 Å². The first-order valence-corrected chi connectivity index (χ1v) is 4.15. The molecule has 1 aromatic rings. The SMILES string of the molecule is C=Cc1c(C)cccc1C(=O)NC. The largest absolute Gasteiger partial charge is 0.355 e. The zero-order chi connectivity index (χ0) is 9.84.